The lowest BCUT2D eigenvalue weighted by Crippen LogP contribution is -2.24. The molecule has 3 nitrogen and oxygen atoms in total. The summed E-state index contributed by atoms with van der Waals surface area (Å²) < 4.78 is 0. The first-order chi connectivity index (χ1) is 20.1. The van der Waals surface area contributed by atoms with E-state index in [1.807, 2.05) is 0 Å². The number of Topliss-reactive ketones (excluding diaryl/α,β-unsaturated/α-hetero) is 1. The third kappa shape index (κ3) is 16.4. The first kappa shape index (κ1) is 37.0. The third-order valence-electron chi connectivity index (χ3n) is 8.43. The average Bonchev–Trinajstić information content (AvgIpc) is 2.96. The van der Waals surface area contributed by atoms with Crippen LogP contribution in [0.1, 0.15) is 96.6 Å². The molecule has 0 aliphatic heterocycles. The average molecular weight is 573 g/mol. The number of allylic oxidation sites excluding steroid dienone is 2. The molecule has 42 heavy (non-hydrogen) atoms. The van der Waals surface area contributed by atoms with E-state index < -0.39 is 0 Å². The highest BCUT2D eigenvalue weighted by Gasteiger charge is 2.27. The Labute approximate surface area is 258 Å². The SMILES string of the molecule is C=C(N)CCC[C@H](CC(=O)C(CC(=C)C(C)CCCc1ccccc1)CC(C)C)C(C)CCc1ccccc1.C=CN. The van der Waals surface area contributed by atoms with Gasteiger partial charge in [-0.15, -0.1) is 0 Å². The third-order valence-corrected chi connectivity index (χ3v) is 8.43. The molecule has 0 saturated heterocycles. The lowest BCUT2D eigenvalue weighted by atomic mass is 9.77. The van der Waals surface area contributed by atoms with Gasteiger partial charge in [0, 0.05) is 18.0 Å². The largest absolute Gasteiger partial charge is 0.405 e. The van der Waals surface area contributed by atoms with Crippen LogP contribution in [0.3, 0.4) is 0 Å². The van der Waals surface area contributed by atoms with Gasteiger partial charge < -0.3 is 11.5 Å². The molecule has 232 valence electrons. The molecule has 0 heterocycles. The van der Waals surface area contributed by atoms with Crippen LogP contribution in [0.4, 0.5) is 0 Å². The minimum atomic E-state index is 0.0716. The van der Waals surface area contributed by atoms with E-state index in [4.69, 9.17) is 5.73 Å². The van der Waals surface area contributed by atoms with E-state index in [1.165, 1.54) is 22.9 Å². The minimum Gasteiger partial charge on any atom is -0.405 e. The van der Waals surface area contributed by atoms with Crippen molar-refractivity contribution in [2.75, 3.05) is 0 Å². The number of ketones is 1. The van der Waals surface area contributed by atoms with E-state index in [-0.39, 0.29) is 5.92 Å². The Balaban J connectivity index is 0.00000281. The van der Waals surface area contributed by atoms with Crippen LogP contribution in [-0.4, -0.2) is 5.78 Å². The predicted molar refractivity (Wildman–Crippen MR) is 184 cm³/mol. The standard InChI is InChI=1S/C37H55NO.C2H5N/c1-28(2)25-36(26-31(5)29(3)15-13-21-33-17-9-7-10-18-33)37(39)27-35(22-14-16-32(6)38)30(4)23-24-34-19-11-8-12-20-34;1-2-3/h7-12,17-20,28-30,35-36H,5-6,13-16,21-27,38H2,1-4H3;2H,1,3H2/t29?,30?,35-,36?;/m1./s1. The molecule has 4 N–H and O–H groups in total. The Kier molecular flexibility index (Phi) is 19.0. The second-order valence-electron chi connectivity index (χ2n) is 12.7. The zero-order valence-electron chi connectivity index (χ0n) is 27.2. The van der Waals surface area contributed by atoms with Gasteiger partial charge in [0.05, 0.1) is 0 Å². The first-order valence-electron chi connectivity index (χ1n) is 16.1. The Morgan fingerprint density at radius 3 is 1.88 bits per heavy atom. The molecule has 0 amide bonds. The topological polar surface area (TPSA) is 69.1 Å². The summed E-state index contributed by atoms with van der Waals surface area (Å²) in [5, 5.41) is 0. The van der Waals surface area contributed by atoms with Gasteiger partial charge in [0.2, 0.25) is 0 Å². The van der Waals surface area contributed by atoms with Gasteiger partial charge in [-0.1, -0.05) is 114 Å². The quantitative estimate of drug-likeness (QED) is 0.155. The maximum Gasteiger partial charge on any atom is 0.136 e. The molecule has 0 saturated carbocycles. The number of carbonyl (C=O) groups is 1. The van der Waals surface area contributed by atoms with Crippen LogP contribution in [-0.2, 0) is 17.6 Å². The summed E-state index contributed by atoms with van der Waals surface area (Å²) in [4.78, 5) is 13.8. The molecule has 2 rings (SSSR count). The van der Waals surface area contributed by atoms with Gasteiger partial charge in [0.25, 0.3) is 0 Å². The molecule has 0 aliphatic carbocycles. The number of aryl methyl sites for hydroxylation is 2. The van der Waals surface area contributed by atoms with Crippen molar-refractivity contribution < 1.29 is 4.79 Å². The van der Waals surface area contributed by atoms with Crippen molar-refractivity contribution in [3.63, 3.8) is 0 Å². The summed E-state index contributed by atoms with van der Waals surface area (Å²) in [6.07, 6.45) is 12.1. The summed E-state index contributed by atoms with van der Waals surface area (Å²) in [6, 6.07) is 21.4. The zero-order chi connectivity index (χ0) is 31.3. The van der Waals surface area contributed by atoms with Gasteiger partial charge in [0.15, 0.2) is 0 Å². The van der Waals surface area contributed by atoms with Crippen molar-refractivity contribution in [2.45, 2.75) is 98.3 Å². The van der Waals surface area contributed by atoms with Crippen molar-refractivity contribution >= 4 is 5.78 Å². The molecule has 4 atom stereocenters. The van der Waals surface area contributed by atoms with Crippen molar-refractivity contribution in [3.05, 3.63) is 109 Å². The van der Waals surface area contributed by atoms with Crippen molar-refractivity contribution in [1.82, 2.24) is 0 Å². The van der Waals surface area contributed by atoms with E-state index in [9.17, 15) is 4.79 Å². The summed E-state index contributed by atoms with van der Waals surface area (Å²) in [5.41, 5.74) is 15.2. The van der Waals surface area contributed by atoms with Crippen LogP contribution < -0.4 is 11.5 Å². The second-order valence-corrected chi connectivity index (χ2v) is 12.7. The van der Waals surface area contributed by atoms with Gasteiger partial charge >= 0.3 is 0 Å². The van der Waals surface area contributed by atoms with Crippen LogP contribution >= 0.6 is 0 Å². The molecule has 0 aliphatic rings. The van der Waals surface area contributed by atoms with Crippen LogP contribution in [0.25, 0.3) is 0 Å². The number of rotatable bonds is 20. The van der Waals surface area contributed by atoms with E-state index >= 15 is 0 Å². The molecule has 2 aromatic carbocycles. The minimum absolute atomic E-state index is 0.0716. The molecule has 3 heteroatoms. The van der Waals surface area contributed by atoms with E-state index in [1.54, 1.807) is 0 Å². The van der Waals surface area contributed by atoms with Gasteiger partial charge in [-0.25, -0.2) is 0 Å². The molecule has 3 unspecified atom stereocenters. The fourth-order valence-electron chi connectivity index (χ4n) is 5.76. The summed E-state index contributed by atoms with van der Waals surface area (Å²) in [7, 11) is 0. The van der Waals surface area contributed by atoms with Gasteiger partial charge in [-0.05, 0) is 105 Å². The Morgan fingerprint density at radius 2 is 1.36 bits per heavy atom. The van der Waals surface area contributed by atoms with Crippen molar-refractivity contribution in [1.29, 1.82) is 0 Å². The number of hydrogen-bond donors (Lipinski definition) is 2. The first-order valence-corrected chi connectivity index (χ1v) is 16.1. The summed E-state index contributed by atoms with van der Waals surface area (Å²) >= 11 is 0. The molecular formula is C39H60N2O. The Bertz CT molecular complexity index is 1030. The molecule has 0 fully saturated rings. The van der Waals surface area contributed by atoms with Gasteiger partial charge in [-0.2, -0.15) is 0 Å². The number of carbonyl (C=O) groups excluding carboxylic acids is 1. The molecule has 0 spiro atoms. The van der Waals surface area contributed by atoms with Crippen LogP contribution in [0.2, 0.25) is 0 Å². The maximum atomic E-state index is 13.8. The number of nitrogens with two attached hydrogens (primary N) is 2. The monoisotopic (exact) mass is 572 g/mol. The highest BCUT2D eigenvalue weighted by Crippen LogP contribution is 2.32. The summed E-state index contributed by atoms with van der Waals surface area (Å²) in [5.74, 6) is 2.31. The lowest BCUT2D eigenvalue weighted by molar-refractivity contribution is -0.124. The van der Waals surface area contributed by atoms with Gasteiger partial charge in [-0.3, -0.25) is 4.79 Å². The molecule has 0 bridgehead atoms. The van der Waals surface area contributed by atoms with E-state index in [0.29, 0.717) is 35.9 Å². The molecular weight excluding hydrogens is 512 g/mol. The molecule has 0 aromatic heterocycles. The van der Waals surface area contributed by atoms with Crippen molar-refractivity contribution in [2.24, 2.45) is 41.1 Å². The second kappa shape index (κ2) is 21.6. The molecule has 0 radical (unpaired) electrons. The molecule has 2 aromatic rings. The summed E-state index contributed by atoms with van der Waals surface area (Å²) in [6.45, 7) is 20.6. The van der Waals surface area contributed by atoms with Crippen LogP contribution in [0.15, 0.2) is 97.9 Å². The number of benzene rings is 2. The lowest BCUT2D eigenvalue weighted by Gasteiger charge is -2.28. The Hall–Kier alpha value is -3.07. The predicted octanol–water partition coefficient (Wildman–Crippen LogP) is 9.83. The van der Waals surface area contributed by atoms with E-state index in [0.717, 1.165) is 69.9 Å². The highest BCUT2D eigenvalue weighted by atomic mass is 16.1. The number of hydrogen-bond acceptors (Lipinski definition) is 3. The fourth-order valence-corrected chi connectivity index (χ4v) is 5.76. The van der Waals surface area contributed by atoms with Crippen molar-refractivity contribution in [3.8, 4) is 0 Å². The van der Waals surface area contributed by atoms with E-state index in [2.05, 4.69) is 114 Å². The normalized spacial score (nSPS) is 13.7. The Morgan fingerprint density at radius 1 is 0.810 bits per heavy atom. The highest BCUT2D eigenvalue weighted by molar-refractivity contribution is 5.81. The smallest absolute Gasteiger partial charge is 0.136 e. The van der Waals surface area contributed by atoms with Crippen LogP contribution in [0, 0.1) is 29.6 Å². The van der Waals surface area contributed by atoms with Crippen LogP contribution in [0.5, 0.6) is 0 Å². The zero-order valence-corrected chi connectivity index (χ0v) is 27.2. The van der Waals surface area contributed by atoms with Gasteiger partial charge in [0.1, 0.15) is 5.78 Å². The fraction of sp³-hybridized carbons (Fsp3) is 0.513. The maximum absolute atomic E-state index is 13.8.